The number of carbonyl (C=O) groups is 1. The maximum atomic E-state index is 12.2. The molecule has 0 unspecified atom stereocenters. The summed E-state index contributed by atoms with van der Waals surface area (Å²) in [5.74, 6) is 2.42. The number of aromatic nitrogens is 2. The minimum Gasteiger partial charge on any atom is -0.444 e. The van der Waals surface area contributed by atoms with Crippen molar-refractivity contribution in [1.29, 1.82) is 0 Å². The summed E-state index contributed by atoms with van der Waals surface area (Å²) >= 11 is 5.04. The van der Waals surface area contributed by atoms with Crippen LogP contribution in [0.1, 0.15) is 21.8 Å². The molecule has 2 aromatic rings. The summed E-state index contributed by atoms with van der Waals surface area (Å²) in [6.07, 6.45) is 0.920. The molecule has 1 fully saturated rings. The maximum absolute atomic E-state index is 12.2. The van der Waals surface area contributed by atoms with Crippen molar-refractivity contribution in [1.82, 2.24) is 14.7 Å². The van der Waals surface area contributed by atoms with Crippen molar-refractivity contribution in [3.63, 3.8) is 0 Å². The predicted molar refractivity (Wildman–Crippen MR) is 94.2 cm³/mol. The van der Waals surface area contributed by atoms with Crippen LogP contribution in [0.3, 0.4) is 0 Å². The maximum Gasteiger partial charge on any atom is 0.289 e. The van der Waals surface area contributed by atoms with Gasteiger partial charge in [-0.15, -0.1) is 0 Å². The highest BCUT2D eigenvalue weighted by molar-refractivity contribution is 9.10. The lowest BCUT2D eigenvalue weighted by Gasteiger charge is -2.38. The van der Waals surface area contributed by atoms with E-state index in [4.69, 9.17) is 4.42 Å². The van der Waals surface area contributed by atoms with E-state index in [-0.39, 0.29) is 17.4 Å². The Morgan fingerprint density at radius 3 is 3.00 bits per heavy atom. The summed E-state index contributed by atoms with van der Waals surface area (Å²) < 4.78 is 7.40. The summed E-state index contributed by atoms with van der Waals surface area (Å²) in [6, 6.07) is 5.09. The van der Waals surface area contributed by atoms with Gasteiger partial charge in [0.1, 0.15) is 0 Å². The molecule has 0 spiro atoms. The average Bonchev–Trinajstić information content (AvgIpc) is 2.96. The molecule has 6 nitrogen and oxygen atoms in total. The third-order valence-electron chi connectivity index (χ3n) is 4.36. The number of amides is 1. The normalized spacial score (nSPS) is 17.5. The van der Waals surface area contributed by atoms with Gasteiger partial charge in [0, 0.05) is 37.2 Å². The van der Waals surface area contributed by atoms with E-state index < -0.39 is 0 Å². The van der Waals surface area contributed by atoms with Crippen LogP contribution in [-0.4, -0.2) is 39.4 Å². The highest BCUT2D eigenvalue weighted by atomic mass is 79.9. The Morgan fingerprint density at radius 1 is 1.42 bits per heavy atom. The fourth-order valence-electron chi connectivity index (χ4n) is 3.06. The van der Waals surface area contributed by atoms with Crippen molar-refractivity contribution in [2.75, 3.05) is 18.8 Å². The van der Waals surface area contributed by atoms with Crippen LogP contribution >= 0.6 is 27.7 Å². The van der Waals surface area contributed by atoms with Gasteiger partial charge in [-0.2, -0.15) is 16.9 Å². The lowest BCUT2D eigenvalue weighted by molar-refractivity contribution is 0.0425. The highest BCUT2D eigenvalue weighted by Crippen LogP contribution is 2.24. The number of carbonyl (C=O) groups excluding carboxylic acids is 1. The van der Waals surface area contributed by atoms with Crippen molar-refractivity contribution in [2.45, 2.75) is 18.7 Å². The lowest BCUT2D eigenvalue weighted by Crippen LogP contribution is -2.52. The monoisotopic (exact) mass is 409 g/mol. The fourth-order valence-corrected chi connectivity index (χ4v) is 4.32. The summed E-state index contributed by atoms with van der Waals surface area (Å²) in [5.41, 5.74) is 2.07. The predicted octanol–water partition coefficient (Wildman–Crippen LogP) is 2.16. The SMILES string of the molecule is O=C(c1ccc(Br)o1)N1CC(Cn2nc3c(cc2=O)CSCC3)C1. The van der Waals surface area contributed by atoms with Crippen molar-refractivity contribution < 1.29 is 9.21 Å². The van der Waals surface area contributed by atoms with Crippen LogP contribution in [-0.2, 0) is 18.7 Å². The smallest absolute Gasteiger partial charge is 0.289 e. The van der Waals surface area contributed by atoms with Gasteiger partial charge in [-0.3, -0.25) is 9.59 Å². The second-order valence-electron chi connectivity index (χ2n) is 6.12. The number of fused-ring (bicyclic) bond motifs is 1. The second-order valence-corrected chi connectivity index (χ2v) is 8.01. The molecule has 4 rings (SSSR count). The Labute approximate surface area is 151 Å². The van der Waals surface area contributed by atoms with E-state index in [1.807, 2.05) is 11.8 Å². The van der Waals surface area contributed by atoms with Gasteiger partial charge in [-0.1, -0.05) is 0 Å². The molecule has 0 N–H and O–H groups in total. The molecule has 0 aliphatic carbocycles. The largest absolute Gasteiger partial charge is 0.444 e. The van der Waals surface area contributed by atoms with Gasteiger partial charge in [0.15, 0.2) is 10.4 Å². The number of hydrogen-bond acceptors (Lipinski definition) is 5. The average molecular weight is 410 g/mol. The molecule has 0 bridgehead atoms. The first kappa shape index (κ1) is 16.0. The van der Waals surface area contributed by atoms with Gasteiger partial charge in [0.05, 0.1) is 12.2 Å². The van der Waals surface area contributed by atoms with E-state index in [1.165, 1.54) is 0 Å². The Morgan fingerprint density at radius 2 is 2.25 bits per heavy atom. The first-order chi connectivity index (χ1) is 11.6. The van der Waals surface area contributed by atoms with Gasteiger partial charge in [0.25, 0.3) is 11.5 Å². The third kappa shape index (κ3) is 3.04. The molecule has 1 saturated heterocycles. The number of hydrogen-bond donors (Lipinski definition) is 0. The third-order valence-corrected chi connectivity index (χ3v) is 5.80. The van der Waals surface area contributed by atoms with Crippen LogP contribution in [0, 0.1) is 5.92 Å². The Balaban J connectivity index is 1.40. The summed E-state index contributed by atoms with van der Waals surface area (Å²) in [6.45, 7) is 1.81. The van der Waals surface area contributed by atoms with E-state index in [1.54, 1.807) is 27.8 Å². The van der Waals surface area contributed by atoms with E-state index in [9.17, 15) is 9.59 Å². The quantitative estimate of drug-likeness (QED) is 0.776. The summed E-state index contributed by atoms with van der Waals surface area (Å²) in [4.78, 5) is 26.2. The van der Waals surface area contributed by atoms with Crippen molar-refractivity contribution in [2.24, 2.45) is 5.92 Å². The van der Waals surface area contributed by atoms with Gasteiger partial charge < -0.3 is 9.32 Å². The van der Waals surface area contributed by atoms with Gasteiger partial charge in [-0.05, 0) is 39.4 Å². The molecule has 2 aliphatic rings. The lowest BCUT2D eigenvalue weighted by atomic mass is 10.00. The van der Waals surface area contributed by atoms with Crippen LogP contribution in [0.15, 0.2) is 32.1 Å². The molecule has 126 valence electrons. The molecule has 1 amide bonds. The minimum atomic E-state index is -0.111. The van der Waals surface area contributed by atoms with Crippen LogP contribution < -0.4 is 5.56 Å². The Kier molecular flexibility index (Phi) is 4.26. The standard InChI is InChI=1S/C16H16BrN3O3S/c17-14-2-1-13(23-14)16(22)19-6-10(7-19)8-20-15(21)5-11-9-24-4-3-12(11)18-20/h1-2,5,10H,3-4,6-9H2. The number of likely N-dealkylation sites (tertiary alicyclic amines) is 1. The van der Waals surface area contributed by atoms with Crippen molar-refractivity contribution in [3.05, 3.63) is 50.2 Å². The number of rotatable bonds is 3. The van der Waals surface area contributed by atoms with E-state index >= 15 is 0 Å². The molecule has 8 heteroatoms. The second kappa shape index (κ2) is 6.40. The molecule has 2 aromatic heterocycles. The molecular formula is C16H16BrN3O3S. The number of furan rings is 1. The number of aryl methyl sites for hydroxylation is 1. The Hall–Kier alpha value is -1.54. The summed E-state index contributed by atoms with van der Waals surface area (Å²) in [7, 11) is 0. The molecule has 24 heavy (non-hydrogen) atoms. The Bertz CT molecular complexity index is 841. The van der Waals surface area contributed by atoms with E-state index in [0.717, 1.165) is 29.2 Å². The van der Waals surface area contributed by atoms with Gasteiger partial charge in [-0.25, -0.2) is 4.68 Å². The van der Waals surface area contributed by atoms with Crippen LogP contribution in [0.2, 0.25) is 0 Å². The summed E-state index contributed by atoms with van der Waals surface area (Å²) in [5, 5.41) is 4.53. The molecule has 4 heterocycles. The molecule has 0 atom stereocenters. The highest BCUT2D eigenvalue weighted by Gasteiger charge is 2.33. The number of thioether (sulfide) groups is 1. The zero-order valence-electron chi connectivity index (χ0n) is 12.9. The minimum absolute atomic E-state index is 0.0454. The van der Waals surface area contributed by atoms with Crippen molar-refractivity contribution in [3.8, 4) is 0 Å². The fraction of sp³-hybridized carbons (Fsp3) is 0.438. The molecule has 0 aromatic carbocycles. The van der Waals surface area contributed by atoms with E-state index in [2.05, 4.69) is 21.0 Å². The van der Waals surface area contributed by atoms with Crippen LogP contribution in [0.4, 0.5) is 0 Å². The van der Waals surface area contributed by atoms with E-state index in [0.29, 0.717) is 30.1 Å². The molecular weight excluding hydrogens is 394 g/mol. The van der Waals surface area contributed by atoms with Gasteiger partial charge in [0.2, 0.25) is 0 Å². The molecule has 2 aliphatic heterocycles. The zero-order chi connectivity index (χ0) is 16.7. The first-order valence-corrected chi connectivity index (χ1v) is 9.77. The topological polar surface area (TPSA) is 68.3 Å². The molecule has 0 saturated carbocycles. The number of nitrogens with zero attached hydrogens (tertiary/aromatic N) is 3. The first-order valence-electron chi connectivity index (χ1n) is 7.82. The van der Waals surface area contributed by atoms with Crippen LogP contribution in [0.5, 0.6) is 0 Å². The van der Waals surface area contributed by atoms with Crippen molar-refractivity contribution >= 4 is 33.6 Å². The molecule has 0 radical (unpaired) electrons. The number of halogens is 1. The van der Waals surface area contributed by atoms with Crippen LogP contribution in [0.25, 0.3) is 0 Å². The van der Waals surface area contributed by atoms with Gasteiger partial charge >= 0.3 is 0 Å². The zero-order valence-corrected chi connectivity index (χ0v) is 15.3.